The highest BCUT2D eigenvalue weighted by Gasteiger charge is 2.52. The third kappa shape index (κ3) is 3.91. The zero-order chi connectivity index (χ0) is 17.0. The van der Waals surface area contributed by atoms with Crippen LogP contribution < -0.4 is 5.32 Å². The summed E-state index contributed by atoms with van der Waals surface area (Å²) in [6.07, 6.45) is 2.02. The average molecular weight is 353 g/mol. The van der Waals surface area contributed by atoms with E-state index in [1.165, 1.54) is 7.11 Å². The zero-order valence-electron chi connectivity index (χ0n) is 14.1. The van der Waals surface area contributed by atoms with E-state index >= 15 is 0 Å². The van der Waals surface area contributed by atoms with E-state index in [1.54, 1.807) is 0 Å². The van der Waals surface area contributed by atoms with E-state index in [1.807, 2.05) is 18.2 Å². The van der Waals surface area contributed by atoms with Gasteiger partial charge in [0, 0.05) is 44.9 Å². The summed E-state index contributed by atoms with van der Waals surface area (Å²) in [5, 5.41) is 3.73. The van der Waals surface area contributed by atoms with Gasteiger partial charge in [0.05, 0.1) is 5.60 Å². The van der Waals surface area contributed by atoms with Crippen LogP contribution in [0.3, 0.4) is 0 Å². The molecule has 2 saturated heterocycles. The Labute approximate surface area is 148 Å². The number of halogens is 1. The molecule has 0 aliphatic carbocycles. The van der Waals surface area contributed by atoms with Gasteiger partial charge in [-0.05, 0) is 30.4 Å². The molecule has 6 heteroatoms. The lowest BCUT2D eigenvalue weighted by Gasteiger charge is -2.50. The van der Waals surface area contributed by atoms with Crippen molar-refractivity contribution in [3.8, 4) is 0 Å². The molecule has 5 nitrogen and oxygen atoms in total. The smallest absolute Gasteiger partial charge is 0.245 e. The van der Waals surface area contributed by atoms with Crippen LogP contribution in [-0.4, -0.2) is 56.4 Å². The fourth-order valence-corrected chi connectivity index (χ4v) is 4.00. The number of likely N-dealkylation sites (tertiary alicyclic amines) is 1. The summed E-state index contributed by atoms with van der Waals surface area (Å²) in [4.78, 5) is 13.8. The van der Waals surface area contributed by atoms with Crippen molar-refractivity contribution >= 4 is 17.5 Å². The summed E-state index contributed by atoms with van der Waals surface area (Å²) >= 11 is 6.24. The highest BCUT2D eigenvalue weighted by Crippen LogP contribution is 2.42. The normalized spacial score (nSPS) is 22.5. The first-order valence-electron chi connectivity index (χ1n) is 8.48. The second kappa shape index (κ2) is 7.83. The van der Waals surface area contributed by atoms with Crippen molar-refractivity contribution in [3.05, 3.63) is 34.9 Å². The fourth-order valence-electron chi connectivity index (χ4n) is 3.80. The molecule has 0 unspecified atom stereocenters. The Morgan fingerprint density at radius 3 is 3.00 bits per heavy atom. The molecule has 1 aromatic carbocycles. The van der Waals surface area contributed by atoms with Crippen molar-refractivity contribution in [3.63, 3.8) is 0 Å². The lowest BCUT2D eigenvalue weighted by Crippen LogP contribution is -2.64. The van der Waals surface area contributed by atoms with Gasteiger partial charge in [-0.2, -0.15) is 0 Å². The lowest BCUT2D eigenvalue weighted by atomic mass is 9.78. The van der Waals surface area contributed by atoms with Crippen molar-refractivity contribution in [1.29, 1.82) is 0 Å². The third-order valence-corrected chi connectivity index (χ3v) is 5.39. The van der Waals surface area contributed by atoms with Crippen molar-refractivity contribution in [2.75, 3.05) is 40.0 Å². The second-order valence-corrected chi connectivity index (χ2v) is 7.11. The van der Waals surface area contributed by atoms with Crippen molar-refractivity contribution in [2.24, 2.45) is 5.92 Å². The summed E-state index contributed by atoms with van der Waals surface area (Å²) in [7, 11) is 1.53. The van der Waals surface area contributed by atoms with E-state index in [4.69, 9.17) is 21.1 Å². The number of hydrogen-bond donors (Lipinski definition) is 1. The molecular formula is C18H25ClN2O3. The van der Waals surface area contributed by atoms with Crippen LogP contribution in [0.25, 0.3) is 0 Å². The summed E-state index contributed by atoms with van der Waals surface area (Å²) < 4.78 is 10.9. The summed E-state index contributed by atoms with van der Waals surface area (Å²) in [6.45, 7) is 4.36. The topological polar surface area (TPSA) is 50.8 Å². The second-order valence-electron chi connectivity index (χ2n) is 6.71. The molecular weight excluding hydrogens is 328 g/mol. The summed E-state index contributed by atoms with van der Waals surface area (Å²) in [5.41, 5.74) is 1.13. The highest BCUT2D eigenvalue weighted by molar-refractivity contribution is 6.31. The number of amides is 1. The Hall–Kier alpha value is -1.14. The van der Waals surface area contributed by atoms with Gasteiger partial charge in [0.1, 0.15) is 6.61 Å². The Morgan fingerprint density at radius 2 is 2.25 bits per heavy atom. The van der Waals surface area contributed by atoms with Gasteiger partial charge in [0.2, 0.25) is 5.91 Å². The first-order valence-corrected chi connectivity index (χ1v) is 8.86. The molecule has 2 aliphatic rings. The highest BCUT2D eigenvalue weighted by atomic mass is 35.5. The van der Waals surface area contributed by atoms with E-state index in [0.29, 0.717) is 12.5 Å². The summed E-state index contributed by atoms with van der Waals surface area (Å²) in [6, 6.07) is 7.99. The van der Waals surface area contributed by atoms with Crippen LogP contribution >= 0.6 is 11.6 Å². The van der Waals surface area contributed by atoms with Gasteiger partial charge in [-0.3, -0.25) is 9.69 Å². The molecule has 1 spiro atoms. The third-order valence-electron chi connectivity index (χ3n) is 5.02. The van der Waals surface area contributed by atoms with Crippen LogP contribution in [-0.2, 0) is 20.8 Å². The van der Waals surface area contributed by atoms with Crippen LogP contribution in [0.5, 0.6) is 0 Å². The molecule has 1 N–H and O–H groups in total. The maximum absolute atomic E-state index is 11.5. The number of carbonyl (C=O) groups excluding carboxylic acids is 1. The molecule has 24 heavy (non-hydrogen) atoms. The van der Waals surface area contributed by atoms with Crippen molar-refractivity contribution < 1.29 is 14.3 Å². The van der Waals surface area contributed by atoms with Crippen LogP contribution in [0.2, 0.25) is 5.02 Å². The molecule has 2 aliphatic heterocycles. The molecule has 132 valence electrons. The number of nitrogens with zero attached hydrogens (tertiary/aromatic N) is 1. The van der Waals surface area contributed by atoms with Gasteiger partial charge in [0.15, 0.2) is 0 Å². The molecule has 1 atom stereocenters. The SMILES string of the molecule is COCC(=O)NCC[C@@H]1CCOC12CN(Cc1ccccc1Cl)C2. The average Bonchev–Trinajstić information content (AvgIpc) is 2.93. The monoisotopic (exact) mass is 352 g/mol. The Kier molecular flexibility index (Phi) is 5.76. The molecule has 0 aromatic heterocycles. The van der Waals surface area contributed by atoms with Crippen LogP contribution in [0.4, 0.5) is 0 Å². The van der Waals surface area contributed by atoms with Gasteiger partial charge in [0.25, 0.3) is 0 Å². The van der Waals surface area contributed by atoms with Crippen LogP contribution in [0.15, 0.2) is 24.3 Å². The van der Waals surface area contributed by atoms with E-state index in [9.17, 15) is 4.79 Å². The minimum absolute atomic E-state index is 0.0345. The number of hydrogen-bond acceptors (Lipinski definition) is 4. The minimum atomic E-state index is -0.0561. The number of rotatable bonds is 7. The van der Waals surface area contributed by atoms with Gasteiger partial charge >= 0.3 is 0 Å². The standard InChI is InChI=1S/C18H25ClN2O3/c1-23-11-17(22)20-8-6-15-7-9-24-18(15)12-21(13-18)10-14-4-2-3-5-16(14)19/h2-5,15H,6-13H2,1H3,(H,20,22)/t15-/m1/s1. The molecule has 0 saturated carbocycles. The largest absolute Gasteiger partial charge is 0.375 e. The van der Waals surface area contributed by atoms with Gasteiger partial charge < -0.3 is 14.8 Å². The predicted molar refractivity (Wildman–Crippen MR) is 93.0 cm³/mol. The molecule has 2 fully saturated rings. The first-order chi connectivity index (χ1) is 11.6. The molecule has 0 radical (unpaired) electrons. The Bertz CT molecular complexity index is 575. The number of carbonyl (C=O) groups is 1. The number of benzene rings is 1. The number of methoxy groups -OCH3 is 1. The predicted octanol–water partition coefficient (Wildman–Crippen LogP) is 2.08. The van der Waals surface area contributed by atoms with E-state index in [2.05, 4.69) is 16.3 Å². The number of ether oxygens (including phenoxy) is 2. The molecule has 3 rings (SSSR count). The van der Waals surface area contributed by atoms with E-state index in [0.717, 1.165) is 49.7 Å². The van der Waals surface area contributed by atoms with Gasteiger partial charge in [-0.15, -0.1) is 0 Å². The van der Waals surface area contributed by atoms with Gasteiger partial charge in [-0.25, -0.2) is 0 Å². The molecule has 2 heterocycles. The molecule has 1 amide bonds. The quantitative estimate of drug-likeness (QED) is 0.816. The van der Waals surface area contributed by atoms with Crippen LogP contribution in [0.1, 0.15) is 18.4 Å². The maximum atomic E-state index is 11.5. The Balaban J connectivity index is 1.46. The van der Waals surface area contributed by atoms with E-state index < -0.39 is 0 Å². The van der Waals surface area contributed by atoms with Crippen LogP contribution in [0, 0.1) is 5.92 Å². The molecule has 1 aromatic rings. The van der Waals surface area contributed by atoms with E-state index in [-0.39, 0.29) is 18.1 Å². The lowest BCUT2D eigenvalue weighted by molar-refractivity contribution is -0.137. The fraction of sp³-hybridized carbons (Fsp3) is 0.611. The maximum Gasteiger partial charge on any atom is 0.245 e. The zero-order valence-corrected chi connectivity index (χ0v) is 14.8. The van der Waals surface area contributed by atoms with Crippen molar-refractivity contribution in [2.45, 2.75) is 25.0 Å². The Morgan fingerprint density at radius 1 is 1.46 bits per heavy atom. The van der Waals surface area contributed by atoms with Gasteiger partial charge in [-0.1, -0.05) is 29.8 Å². The first kappa shape index (κ1) is 17.7. The van der Waals surface area contributed by atoms with Crippen molar-refractivity contribution in [1.82, 2.24) is 10.2 Å². The summed E-state index contributed by atoms with van der Waals surface area (Å²) in [5.74, 6) is 0.447. The number of nitrogens with one attached hydrogen (secondary N) is 1. The molecule has 0 bridgehead atoms. The minimum Gasteiger partial charge on any atom is -0.375 e.